The molecule has 1 spiro atoms. The molecule has 234 valence electrons. The van der Waals surface area contributed by atoms with Crippen molar-refractivity contribution in [1.29, 1.82) is 0 Å². The number of carbonyl (C=O) groups excluding carboxylic acids is 1. The summed E-state index contributed by atoms with van der Waals surface area (Å²) in [5.74, 6) is -0.215. The molecule has 2 aliphatic heterocycles. The Labute approximate surface area is 262 Å². The van der Waals surface area contributed by atoms with E-state index >= 15 is 0 Å². The van der Waals surface area contributed by atoms with Crippen molar-refractivity contribution in [2.75, 3.05) is 45.9 Å². The number of aliphatic hydroxyl groups is 1. The molecule has 1 amide bonds. The smallest absolute Gasteiger partial charge is 0.305 e. The summed E-state index contributed by atoms with van der Waals surface area (Å²) in [6.07, 6.45) is 1.36. The summed E-state index contributed by atoms with van der Waals surface area (Å²) in [6.45, 7) is 6.81. The number of carbonyl (C=O) groups is 1. The number of thiazole rings is 1. The van der Waals surface area contributed by atoms with Gasteiger partial charge in [-0.3, -0.25) is 14.5 Å². The van der Waals surface area contributed by atoms with Crippen molar-refractivity contribution < 1.29 is 24.1 Å². The number of amides is 1. The van der Waals surface area contributed by atoms with Crippen molar-refractivity contribution in [3.05, 3.63) is 84.4 Å². The minimum Gasteiger partial charge on any atom is -0.506 e. The Balaban J connectivity index is 0.992. The first-order valence-corrected chi connectivity index (χ1v) is 16.6. The number of halogens is 1. The highest BCUT2D eigenvalue weighted by atomic mass is 32.1. The number of aromatic nitrogens is 1. The number of hydrogen-bond acceptors (Lipinski definition) is 9. The average molecular weight is 641 g/mol. The van der Waals surface area contributed by atoms with Crippen molar-refractivity contribution >= 4 is 38.8 Å². The number of aliphatic hydroxyl groups excluding tert-OH is 1. The lowest BCUT2D eigenvalue weighted by atomic mass is 9.89. The van der Waals surface area contributed by atoms with Crippen molar-refractivity contribution in [2.24, 2.45) is 0 Å². The summed E-state index contributed by atoms with van der Waals surface area (Å²) in [7, 11) is 0. The molecule has 4 heterocycles. The molecule has 0 unspecified atom stereocenters. The summed E-state index contributed by atoms with van der Waals surface area (Å²) in [5, 5.41) is 25.9. The number of ether oxygens (including phenoxy) is 1. The van der Waals surface area contributed by atoms with Gasteiger partial charge in [-0.2, -0.15) is 0 Å². The number of phenols is 1. The topological polar surface area (TPSA) is 118 Å². The number of H-pyrrole nitrogens is 1. The molecule has 2 aromatic carbocycles. The largest absolute Gasteiger partial charge is 0.506 e. The van der Waals surface area contributed by atoms with Crippen molar-refractivity contribution in [3.63, 3.8) is 0 Å². The summed E-state index contributed by atoms with van der Waals surface area (Å²) < 4.78 is 21.4. The fourth-order valence-corrected chi connectivity index (χ4v) is 8.02. The maximum Gasteiger partial charge on any atom is 0.305 e. The number of likely N-dealkylation sites (tertiary alicyclic amines) is 1. The highest BCUT2D eigenvalue weighted by Crippen LogP contribution is 2.33. The van der Waals surface area contributed by atoms with Gasteiger partial charge in [0.15, 0.2) is 0 Å². The van der Waals surface area contributed by atoms with E-state index < -0.39 is 6.10 Å². The predicted molar refractivity (Wildman–Crippen MR) is 170 cm³/mol. The summed E-state index contributed by atoms with van der Waals surface area (Å²) >= 11 is 2.45. The van der Waals surface area contributed by atoms with Gasteiger partial charge >= 0.3 is 4.87 Å². The summed E-state index contributed by atoms with van der Waals surface area (Å²) in [5.41, 5.74) is 3.47. The number of aromatic hydroxyl groups is 1. The minimum atomic E-state index is -0.867. The molecule has 2 fully saturated rings. The zero-order valence-electron chi connectivity index (χ0n) is 24.6. The molecule has 2 aromatic heterocycles. The van der Waals surface area contributed by atoms with E-state index in [1.807, 2.05) is 29.3 Å². The van der Waals surface area contributed by atoms with E-state index in [0.717, 1.165) is 58.8 Å². The van der Waals surface area contributed by atoms with Gasteiger partial charge in [-0.1, -0.05) is 23.5 Å². The number of nitrogens with zero attached hydrogens (tertiary/aromatic N) is 2. The van der Waals surface area contributed by atoms with E-state index in [1.165, 1.54) is 17.4 Å². The van der Waals surface area contributed by atoms with Crippen LogP contribution in [0.25, 0.3) is 10.2 Å². The lowest BCUT2D eigenvalue weighted by molar-refractivity contribution is -0.127. The first kappa shape index (κ1) is 30.9. The number of nitrogens with one attached hydrogen (secondary N) is 2. The molecule has 6 rings (SSSR count). The maximum atomic E-state index is 14.6. The van der Waals surface area contributed by atoms with Crippen LogP contribution in [0, 0.1) is 12.7 Å². The van der Waals surface area contributed by atoms with Crippen LogP contribution in [0.15, 0.2) is 46.6 Å². The first-order chi connectivity index (χ1) is 21.2. The Morgan fingerprint density at radius 2 is 1.98 bits per heavy atom. The van der Waals surface area contributed by atoms with Gasteiger partial charge in [0.05, 0.1) is 34.4 Å². The third-order valence-electron chi connectivity index (χ3n) is 8.54. The van der Waals surface area contributed by atoms with Crippen molar-refractivity contribution in [2.45, 2.75) is 44.4 Å². The van der Waals surface area contributed by atoms with Crippen LogP contribution in [0.4, 0.5) is 4.39 Å². The number of benzene rings is 2. The van der Waals surface area contributed by atoms with Gasteiger partial charge < -0.3 is 30.2 Å². The van der Waals surface area contributed by atoms with E-state index in [-0.39, 0.29) is 34.5 Å². The lowest BCUT2D eigenvalue weighted by Crippen LogP contribution is -2.57. The van der Waals surface area contributed by atoms with Gasteiger partial charge in [0, 0.05) is 38.3 Å². The molecule has 4 N–H and O–H groups in total. The predicted octanol–water partition coefficient (Wildman–Crippen LogP) is 4.18. The highest BCUT2D eigenvalue weighted by molar-refractivity contribution is 7.16. The van der Waals surface area contributed by atoms with Gasteiger partial charge in [-0.05, 0) is 79.1 Å². The second kappa shape index (κ2) is 13.1. The third-order valence-corrected chi connectivity index (χ3v) is 10.5. The molecule has 0 aliphatic carbocycles. The van der Waals surface area contributed by atoms with Crippen LogP contribution in [-0.4, -0.2) is 82.4 Å². The van der Waals surface area contributed by atoms with Crippen LogP contribution in [0.1, 0.15) is 50.9 Å². The monoisotopic (exact) mass is 640 g/mol. The van der Waals surface area contributed by atoms with Gasteiger partial charge in [0.25, 0.3) is 5.91 Å². The number of hydrogen-bond donors (Lipinski definition) is 4. The van der Waals surface area contributed by atoms with Crippen LogP contribution in [0.2, 0.25) is 0 Å². The van der Waals surface area contributed by atoms with Crippen LogP contribution in [0.5, 0.6) is 5.75 Å². The molecule has 0 radical (unpaired) electrons. The van der Waals surface area contributed by atoms with Crippen LogP contribution in [-0.2, 0) is 17.7 Å². The summed E-state index contributed by atoms with van der Waals surface area (Å²) in [6, 6.07) is 10.2. The first-order valence-electron chi connectivity index (χ1n) is 14.9. The van der Waals surface area contributed by atoms with Crippen LogP contribution in [0.3, 0.4) is 0 Å². The molecule has 9 nitrogen and oxygen atoms in total. The molecule has 0 saturated carbocycles. The molecule has 2 aliphatic rings. The number of piperidine rings is 1. The number of thiophene rings is 1. The molecule has 1 atom stereocenters. The third kappa shape index (κ3) is 6.90. The van der Waals surface area contributed by atoms with Gasteiger partial charge in [0.2, 0.25) is 0 Å². The fourth-order valence-electron chi connectivity index (χ4n) is 6.23. The Kier molecular flexibility index (Phi) is 9.18. The van der Waals surface area contributed by atoms with Crippen molar-refractivity contribution in [3.8, 4) is 5.75 Å². The molecule has 0 bridgehead atoms. The van der Waals surface area contributed by atoms with Gasteiger partial charge in [-0.15, -0.1) is 11.3 Å². The molecule has 44 heavy (non-hydrogen) atoms. The number of fused-ring (bicyclic) bond motifs is 1. The Morgan fingerprint density at radius 3 is 2.75 bits per heavy atom. The Morgan fingerprint density at radius 1 is 1.18 bits per heavy atom. The molecule has 12 heteroatoms. The lowest BCUT2D eigenvalue weighted by Gasteiger charge is -2.47. The molecule has 2 saturated heterocycles. The molecular weight excluding hydrogens is 604 g/mol. The molecular formula is C32H37FN4O5S2. The van der Waals surface area contributed by atoms with E-state index in [1.54, 1.807) is 18.2 Å². The number of aromatic amines is 1. The van der Waals surface area contributed by atoms with E-state index in [9.17, 15) is 24.2 Å². The molecule has 4 aromatic rings. The Bertz CT molecular complexity index is 1690. The zero-order chi connectivity index (χ0) is 30.8. The van der Waals surface area contributed by atoms with Gasteiger partial charge in [0.1, 0.15) is 17.1 Å². The summed E-state index contributed by atoms with van der Waals surface area (Å²) in [4.78, 5) is 32.2. The average Bonchev–Trinajstić information content (AvgIpc) is 3.62. The highest BCUT2D eigenvalue weighted by Gasteiger charge is 2.41. The Hall–Kier alpha value is -3.13. The normalized spacial score (nSPS) is 17.8. The standard InChI is InChI=1S/C32H37FN4O5S2/c1-20-12-27(43-18-20)30(40)37-10-11-42-32(19-37)5-8-36(9-6-32)17-22-13-21(14-23(33)15-22)4-7-34-16-26(39)24-2-3-25(38)28-29(24)44-31(41)35-28/h2-3,12-15,18,26,34,38-39H,4-11,16-17,19H2,1H3,(H,35,41)/t26-/m0/s1. The minimum absolute atomic E-state index is 0.0291. The number of rotatable bonds is 9. The van der Waals surface area contributed by atoms with Crippen molar-refractivity contribution in [1.82, 2.24) is 20.1 Å². The zero-order valence-corrected chi connectivity index (χ0v) is 26.2. The van der Waals surface area contributed by atoms with Crippen LogP contribution < -0.4 is 10.2 Å². The number of morpholine rings is 1. The van der Waals surface area contributed by atoms with E-state index in [4.69, 9.17) is 4.74 Å². The second-order valence-corrected chi connectivity index (χ2v) is 13.7. The fraction of sp³-hybridized carbons (Fsp3) is 0.438. The SMILES string of the molecule is Cc1csc(C(=O)N2CCOC3(CCN(Cc4cc(F)cc(CCNC[C@H](O)c5ccc(O)c6[nH]c(=O)sc56)c4)CC3)C2)c1. The number of aryl methyl sites for hydroxylation is 1. The van der Waals surface area contributed by atoms with E-state index in [2.05, 4.69) is 15.2 Å². The van der Waals surface area contributed by atoms with Crippen LogP contribution >= 0.6 is 22.7 Å². The quantitative estimate of drug-likeness (QED) is 0.203. The van der Waals surface area contributed by atoms with E-state index in [0.29, 0.717) is 55.0 Å². The number of phenolic OH excluding ortho intramolecular Hbond substituents is 1. The van der Waals surface area contributed by atoms with Gasteiger partial charge in [-0.25, -0.2) is 4.39 Å². The second-order valence-electron chi connectivity index (χ2n) is 11.9. The maximum absolute atomic E-state index is 14.6.